The van der Waals surface area contributed by atoms with Gasteiger partial charge in [0.15, 0.2) is 5.65 Å². The van der Waals surface area contributed by atoms with Crippen molar-refractivity contribution in [2.75, 3.05) is 5.32 Å². The second-order valence-electron chi connectivity index (χ2n) is 6.63. The minimum atomic E-state index is -0.179. The number of aromatic nitrogens is 3. The smallest absolute Gasteiger partial charge is 0.246 e. The fourth-order valence-electron chi connectivity index (χ4n) is 3.32. The number of anilines is 1. The van der Waals surface area contributed by atoms with Gasteiger partial charge in [-0.05, 0) is 48.7 Å². The number of pyridine rings is 1. The molecule has 0 saturated heterocycles. The zero-order valence-corrected chi connectivity index (χ0v) is 16.4. The van der Waals surface area contributed by atoms with Crippen LogP contribution in [0.2, 0.25) is 5.02 Å². The van der Waals surface area contributed by atoms with E-state index in [-0.39, 0.29) is 12.5 Å². The Morgan fingerprint density at radius 2 is 1.86 bits per heavy atom. The molecule has 6 heteroatoms. The molecule has 2 aromatic carbocycles. The van der Waals surface area contributed by atoms with E-state index >= 15 is 0 Å². The van der Waals surface area contributed by atoms with Crippen LogP contribution < -0.4 is 5.32 Å². The lowest BCUT2D eigenvalue weighted by molar-refractivity contribution is -0.116. The number of aryl methyl sites for hydroxylation is 1. The molecule has 0 bridgehead atoms. The van der Waals surface area contributed by atoms with Crippen LogP contribution in [0.15, 0.2) is 60.8 Å². The Morgan fingerprint density at radius 1 is 1.07 bits per heavy atom. The summed E-state index contributed by atoms with van der Waals surface area (Å²) in [5, 5.41) is 9.05. The van der Waals surface area contributed by atoms with Gasteiger partial charge in [-0.15, -0.1) is 0 Å². The van der Waals surface area contributed by atoms with E-state index in [2.05, 4.69) is 27.5 Å². The minimum absolute atomic E-state index is 0.0710. The van der Waals surface area contributed by atoms with Crippen molar-refractivity contribution in [3.63, 3.8) is 0 Å². The summed E-state index contributed by atoms with van der Waals surface area (Å²) < 4.78 is 1.65. The highest BCUT2D eigenvalue weighted by Gasteiger charge is 2.16. The Balaban J connectivity index is 1.67. The Morgan fingerprint density at radius 3 is 2.64 bits per heavy atom. The normalized spacial score (nSPS) is 11.0. The molecule has 0 aliphatic heterocycles. The Bertz CT molecular complexity index is 1170. The third-order valence-electron chi connectivity index (χ3n) is 4.73. The Labute approximate surface area is 168 Å². The van der Waals surface area contributed by atoms with Crippen LogP contribution in [0.5, 0.6) is 0 Å². The summed E-state index contributed by atoms with van der Waals surface area (Å²) in [6.07, 6.45) is 1.75. The van der Waals surface area contributed by atoms with Gasteiger partial charge < -0.3 is 5.32 Å². The largest absolute Gasteiger partial charge is 0.324 e. The monoisotopic (exact) mass is 390 g/mol. The highest BCUT2D eigenvalue weighted by atomic mass is 35.5. The first-order valence-electron chi connectivity index (χ1n) is 8.97. The predicted octanol–water partition coefficient (Wildman–Crippen LogP) is 5.01. The fourth-order valence-corrected chi connectivity index (χ4v) is 3.49. The average molecular weight is 391 g/mol. The van der Waals surface area contributed by atoms with Gasteiger partial charge >= 0.3 is 0 Å². The molecule has 0 unspecified atom stereocenters. The molecule has 4 rings (SSSR count). The standard InChI is InChI=1S/C22H19ClN4O/c1-14-18(23)9-6-10-19(14)25-20(28)13-27-22-21(15(2)26-27)17(11-12-24-22)16-7-4-3-5-8-16/h3-12H,13H2,1-2H3,(H,25,28). The molecule has 0 aliphatic carbocycles. The van der Waals surface area contributed by atoms with Crippen molar-refractivity contribution < 1.29 is 4.79 Å². The number of rotatable bonds is 4. The SMILES string of the molecule is Cc1c(Cl)cccc1NC(=O)Cn1nc(C)c2c(-c3ccccc3)ccnc21. The number of carbonyl (C=O) groups excluding carboxylic acids is 1. The molecule has 1 N–H and O–H groups in total. The number of nitrogens with one attached hydrogen (secondary N) is 1. The van der Waals surface area contributed by atoms with Crippen LogP contribution in [-0.4, -0.2) is 20.7 Å². The molecule has 2 aromatic heterocycles. The van der Waals surface area contributed by atoms with Crippen LogP contribution in [0, 0.1) is 13.8 Å². The van der Waals surface area contributed by atoms with Crippen LogP contribution >= 0.6 is 11.6 Å². The predicted molar refractivity (Wildman–Crippen MR) is 113 cm³/mol. The van der Waals surface area contributed by atoms with Crippen molar-refractivity contribution in [2.24, 2.45) is 0 Å². The molecule has 0 atom stereocenters. The minimum Gasteiger partial charge on any atom is -0.324 e. The molecular formula is C22H19ClN4O. The van der Waals surface area contributed by atoms with Gasteiger partial charge in [0, 0.05) is 22.3 Å². The summed E-state index contributed by atoms with van der Waals surface area (Å²) in [7, 11) is 0. The van der Waals surface area contributed by atoms with Crippen LogP contribution in [0.3, 0.4) is 0 Å². The lowest BCUT2D eigenvalue weighted by Gasteiger charge is -2.10. The number of nitrogens with zero attached hydrogens (tertiary/aromatic N) is 3. The first kappa shape index (κ1) is 18.2. The molecule has 28 heavy (non-hydrogen) atoms. The molecule has 0 fully saturated rings. The quantitative estimate of drug-likeness (QED) is 0.533. The first-order chi connectivity index (χ1) is 13.5. The average Bonchev–Trinajstić information content (AvgIpc) is 3.02. The Kier molecular flexibility index (Phi) is 4.84. The molecule has 140 valence electrons. The van der Waals surface area contributed by atoms with E-state index in [1.54, 1.807) is 16.9 Å². The molecule has 1 amide bonds. The van der Waals surface area contributed by atoms with Crippen LogP contribution in [-0.2, 0) is 11.3 Å². The summed E-state index contributed by atoms with van der Waals surface area (Å²) in [4.78, 5) is 17.1. The summed E-state index contributed by atoms with van der Waals surface area (Å²) in [6.45, 7) is 3.88. The number of hydrogen-bond donors (Lipinski definition) is 1. The number of hydrogen-bond acceptors (Lipinski definition) is 3. The zero-order chi connectivity index (χ0) is 19.7. The van der Waals surface area contributed by atoms with E-state index in [4.69, 9.17) is 11.6 Å². The zero-order valence-electron chi connectivity index (χ0n) is 15.6. The van der Waals surface area contributed by atoms with Crippen LogP contribution in [0.4, 0.5) is 5.69 Å². The molecule has 0 radical (unpaired) electrons. The Hall–Kier alpha value is -3.18. The number of benzene rings is 2. The third kappa shape index (κ3) is 3.37. The van der Waals surface area contributed by atoms with Gasteiger partial charge in [0.2, 0.25) is 5.91 Å². The van der Waals surface area contributed by atoms with Crippen molar-refractivity contribution >= 4 is 34.2 Å². The molecule has 0 saturated carbocycles. The summed E-state index contributed by atoms with van der Waals surface area (Å²) in [5.74, 6) is -0.179. The van der Waals surface area contributed by atoms with Crippen LogP contribution in [0.1, 0.15) is 11.3 Å². The molecule has 4 aromatic rings. The van der Waals surface area contributed by atoms with E-state index in [9.17, 15) is 4.79 Å². The number of fused-ring (bicyclic) bond motifs is 1. The van der Waals surface area contributed by atoms with E-state index < -0.39 is 0 Å². The first-order valence-corrected chi connectivity index (χ1v) is 9.35. The molecule has 5 nitrogen and oxygen atoms in total. The van der Waals surface area contributed by atoms with Gasteiger partial charge in [0.1, 0.15) is 6.54 Å². The van der Waals surface area contributed by atoms with Gasteiger partial charge in [-0.2, -0.15) is 5.10 Å². The van der Waals surface area contributed by atoms with Crippen molar-refractivity contribution in [1.82, 2.24) is 14.8 Å². The maximum atomic E-state index is 12.6. The number of amides is 1. The van der Waals surface area contributed by atoms with E-state index in [0.29, 0.717) is 16.4 Å². The van der Waals surface area contributed by atoms with Crippen molar-refractivity contribution in [1.29, 1.82) is 0 Å². The number of carbonyl (C=O) groups is 1. The maximum absolute atomic E-state index is 12.6. The topological polar surface area (TPSA) is 59.8 Å². The summed E-state index contributed by atoms with van der Waals surface area (Å²) in [5.41, 5.74) is 5.22. The molecule has 0 aliphatic rings. The van der Waals surface area contributed by atoms with Gasteiger partial charge in [0.05, 0.1) is 5.69 Å². The second-order valence-corrected chi connectivity index (χ2v) is 7.03. The van der Waals surface area contributed by atoms with Crippen LogP contribution in [0.25, 0.3) is 22.2 Å². The highest BCUT2D eigenvalue weighted by Crippen LogP contribution is 2.29. The van der Waals surface area contributed by atoms with Crippen molar-refractivity contribution in [3.05, 3.63) is 77.1 Å². The van der Waals surface area contributed by atoms with Gasteiger partial charge in [-0.25, -0.2) is 9.67 Å². The fraction of sp³-hybridized carbons (Fsp3) is 0.136. The molecule has 0 spiro atoms. The van der Waals surface area contributed by atoms with Crippen molar-refractivity contribution in [3.8, 4) is 11.1 Å². The van der Waals surface area contributed by atoms with E-state index in [1.165, 1.54) is 0 Å². The summed E-state index contributed by atoms with van der Waals surface area (Å²) in [6, 6.07) is 17.5. The molecule has 2 heterocycles. The van der Waals surface area contributed by atoms with E-state index in [0.717, 1.165) is 27.8 Å². The second kappa shape index (κ2) is 7.44. The lowest BCUT2D eigenvalue weighted by atomic mass is 10.0. The van der Waals surface area contributed by atoms with Gasteiger partial charge in [0.25, 0.3) is 0 Å². The number of halogens is 1. The maximum Gasteiger partial charge on any atom is 0.246 e. The van der Waals surface area contributed by atoms with Gasteiger partial charge in [-0.1, -0.05) is 48.0 Å². The highest BCUT2D eigenvalue weighted by molar-refractivity contribution is 6.31. The molecular weight excluding hydrogens is 372 g/mol. The van der Waals surface area contributed by atoms with E-state index in [1.807, 2.05) is 50.2 Å². The van der Waals surface area contributed by atoms with Crippen molar-refractivity contribution in [2.45, 2.75) is 20.4 Å². The van der Waals surface area contributed by atoms with Gasteiger partial charge in [-0.3, -0.25) is 4.79 Å². The third-order valence-corrected chi connectivity index (χ3v) is 5.14. The lowest BCUT2D eigenvalue weighted by Crippen LogP contribution is -2.20. The summed E-state index contributed by atoms with van der Waals surface area (Å²) >= 11 is 6.14.